The number of piperidine rings is 1. The lowest BCUT2D eigenvalue weighted by molar-refractivity contribution is 0.175. The lowest BCUT2D eigenvalue weighted by atomic mass is 9.90. The van der Waals surface area contributed by atoms with Crippen LogP contribution in [0.4, 0.5) is 0 Å². The van der Waals surface area contributed by atoms with E-state index in [9.17, 15) is 0 Å². The minimum atomic E-state index is 0.277. The van der Waals surface area contributed by atoms with Crippen molar-refractivity contribution in [1.82, 2.24) is 10.2 Å². The molecule has 3 heteroatoms. The van der Waals surface area contributed by atoms with E-state index in [1.54, 1.807) is 6.26 Å². The average molecular weight is 222 g/mol. The minimum absolute atomic E-state index is 0.277. The molecule has 0 aromatic carbocycles. The van der Waals surface area contributed by atoms with Gasteiger partial charge < -0.3 is 9.73 Å². The molecule has 0 amide bonds. The van der Waals surface area contributed by atoms with E-state index in [0.717, 1.165) is 25.4 Å². The second-order valence-electron chi connectivity index (χ2n) is 5.20. The first kappa shape index (κ1) is 11.7. The highest BCUT2D eigenvalue weighted by molar-refractivity contribution is 4.98. The van der Waals surface area contributed by atoms with Gasteiger partial charge in [0.2, 0.25) is 0 Å². The van der Waals surface area contributed by atoms with Crippen molar-refractivity contribution in [2.24, 2.45) is 0 Å². The number of likely N-dealkylation sites (N-methyl/N-ethyl adjacent to an activating group) is 1. The van der Waals surface area contributed by atoms with Gasteiger partial charge in [-0.3, -0.25) is 4.90 Å². The highest BCUT2D eigenvalue weighted by atomic mass is 16.3. The van der Waals surface area contributed by atoms with Crippen LogP contribution in [-0.4, -0.2) is 30.6 Å². The molecule has 1 aliphatic heterocycles. The molecule has 3 nitrogen and oxygen atoms in total. The largest absolute Gasteiger partial charge is 0.468 e. The Labute approximate surface area is 97.8 Å². The fraction of sp³-hybridized carbons (Fsp3) is 0.692. The molecule has 0 saturated carbocycles. The van der Waals surface area contributed by atoms with Crippen LogP contribution in [-0.2, 0) is 6.54 Å². The van der Waals surface area contributed by atoms with Crippen molar-refractivity contribution in [3.05, 3.63) is 24.2 Å². The summed E-state index contributed by atoms with van der Waals surface area (Å²) in [6.45, 7) is 5.45. The predicted molar refractivity (Wildman–Crippen MR) is 65.3 cm³/mol. The van der Waals surface area contributed by atoms with Crippen molar-refractivity contribution in [3.8, 4) is 0 Å². The monoisotopic (exact) mass is 222 g/mol. The molecule has 90 valence electrons. The third-order valence-corrected chi connectivity index (χ3v) is 3.33. The van der Waals surface area contributed by atoms with E-state index in [0.29, 0.717) is 0 Å². The lowest BCUT2D eigenvalue weighted by Crippen LogP contribution is -2.52. The molecule has 1 aromatic heterocycles. The van der Waals surface area contributed by atoms with Gasteiger partial charge in [-0.15, -0.1) is 0 Å². The molecular weight excluding hydrogens is 200 g/mol. The fourth-order valence-electron chi connectivity index (χ4n) is 2.57. The molecule has 1 atom stereocenters. The molecule has 1 N–H and O–H groups in total. The Morgan fingerprint density at radius 3 is 3.00 bits per heavy atom. The Balaban J connectivity index is 1.84. The van der Waals surface area contributed by atoms with Crippen LogP contribution in [0.25, 0.3) is 0 Å². The van der Waals surface area contributed by atoms with Gasteiger partial charge in [0.25, 0.3) is 0 Å². The molecule has 1 aliphatic rings. The van der Waals surface area contributed by atoms with Gasteiger partial charge in [0.1, 0.15) is 5.76 Å². The Bertz CT molecular complexity index is 302. The van der Waals surface area contributed by atoms with Crippen molar-refractivity contribution >= 4 is 0 Å². The molecule has 1 saturated heterocycles. The van der Waals surface area contributed by atoms with Gasteiger partial charge in [-0.2, -0.15) is 0 Å². The summed E-state index contributed by atoms with van der Waals surface area (Å²) < 4.78 is 5.36. The van der Waals surface area contributed by atoms with Gasteiger partial charge in [-0.05, 0) is 45.5 Å². The zero-order chi connectivity index (χ0) is 11.4. The Morgan fingerprint density at radius 1 is 1.50 bits per heavy atom. The minimum Gasteiger partial charge on any atom is -0.468 e. The topological polar surface area (TPSA) is 28.4 Å². The van der Waals surface area contributed by atoms with Gasteiger partial charge in [0, 0.05) is 12.1 Å². The van der Waals surface area contributed by atoms with Crippen LogP contribution in [0.2, 0.25) is 0 Å². The lowest BCUT2D eigenvalue weighted by Gasteiger charge is -2.38. The molecule has 2 heterocycles. The van der Waals surface area contributed by atoms with E-state index < -0.39 is 0 Å². The molecule has 16 heavy (non-hydrogen) atoms. The van der Waals surface area contributed by atoms with Crippen LogP contribution in [0, 0.1) is 0 Å². The summed E-state index contributed by atoms with van der Waals surface area (Å²) >= 11 is 0. The standard InChI is InChI=1S/C13H22N2O/c1-13(7-3-4-8-14-13)11-15(2)10-12-6-5-9-16-12/h5-6,9,14H,3-4,7-8,10-11H2,1-2H3. The summed E-state index contributed by atoms with van der Waals surface area (Å²) in [5.41, 5.74) is 0.277. The molecule has 1 unspecified atom stereocenters. The fourth-order valence-corrected chi connectivity index (χ4v) is 2.57. The van der Waals surface area contributed by atoms with Crippen LogP contribution < -0.4 is 5.32 Å². The smallest absolute Gasteiger partial charge is 0.117 e. The number of hydrogen-bond donors (Lipinski definition) is 1. The summed E-state index contributed by atoms with van der Waals surface area (Å²) in [4.78, 5) is 2.33. The van der Waals surface area contributed by atoms with Crippen LogP contribution >= 0.6 is 0 Å². The molecule has 0 bridgehead atoms. The molecular formula is C13H22N2O. The number of rotatable bonds is 4. The summed E-state index contributed by atoms with van der Waals surface area (Å²) in [6.07, 6.45) is 5.68. The van der Waals surface area contributed by atoms with E-state index >= 15 is 0 Å². The van der Waals surface area contributed by atoms with Crippen molar-refractivity contribution in [3.63, 3.8) is 0 Å². The Hall–Kier alpha value is -0.800. The molecule has 0 aliphatic carbocycles. The van der Waals surface area contributed by atoms with E-state index in [-0.39, 0.29) is 5.54 Å². The van der Waals surface area contributed by atoms with Crippen molar-refractivity contribution in [2.45, 2.75) is 38.3 Å². The molecule has 0 spiro atoms. The molecule has 2 rings (SSSR count). The second kappa shape index (κ2) is 5.02. The number of nitrogens with one attached hydrogen (secondary N) is 1. The van der Waals surface area contributed by atoms with Crippen molar-refractivity contribution in [1.29, 1.82) is 0 Å². The number of nitrogens with zero attached hydrogens (tertiary/aromatic N) is 1. The van der Waals surface area contributed by atoms with Crippen LogP contribution in [0.15, 0.2) is 22.8 Å². The number of hydrogen-bond acceptors (Lipinski definition) is 3. The molecule has 1 fully saturated rings. The maximum atomic E-state index is 5.36. The van der Waals surface area contributed by atoms with Gasteiger partial charge in [-0.1, -0.05) is 6.42 Å². The first-order chi connectivity index (χ1) is 7.68. The van der Waals surface area contributed by atoms with Gasteiger partial charge >= 0.3 is 0 Å². The predicted octanol–water partition coefficient (Wildman–Crippen LogP) is 2.24. The molecule has 0 radical (unpaired) electrons. The summed E-state index contributed by atoms with van der Waals surface area (Å²) in [5, 5.41) is 3.63. The van der Waals surface area contributed by atoms with Crippen molar-refractivity contribution in [2.75, 3.05) is 20.1 Å². The average Bonchev–Trinajstić information content (AvgIpc) is 2.70. The summed E-state index contributed by atoms with van der Waals surface area (Å²) in [6, 6.07) is 3.98. The van der Waals surface area contributed by atoms with Gasteiger partial charge in [0.15, 0.2) is 0 Å². The van der Waals surface area contributed by atoms with E-state index in [2.05, 4.69) is 24.2 Å². The maximum absolute atomic E-state index is 5.36. The summed E-state index contributed by atoms with van der Waals surface area (Å²) in [7, 11) is 2.16. The first-order valence-electron chi connectivity index (χ1n) is 6.14. The van der Waals surface area contributed by atoms with Crippen LogP contribution in [0.5, 0.6) is 0 Å². The summed E-state index contributed by atoms with van der Waals surface area (Å²) in [5.74, 6) is 1.04. The highest BCUT2D eigenvalue weighted by Gasteiger charge is 2.27. The zero-order valence-electron chi connectivity index (χ0n) is 10.3. The van der Waals surface area contributed by atoms with Gasteiger partial charge in [0.05, 0.1) is 12.8 Å². The molecule has 1 aromatic rings. The second-order valence-corrected chi connectivity index (χ2v) is 5.20. The normalized spacial score (nSPS) is 26.2. The Kier molecular flexibility index (Phi) is 3.66. The van der Waals surface area contributed by atoms with Crippen molar-refractivity contribution < 1.29 is 4.42 Å². The van der Waals surface area contributed by atoms with E-state index in [1.165, 1.54) is 19.3 Å². The SMILES string of the molecule is CN(Cc1ccco1)CC1(C)CCCCN1. The highest BCUT2D eigenvalue weighted by Crippen LogP contribution is 2.20. The maximum Gasteiger partial charge on any atom is 0.117 e. The third kappa shape index (κ3) is 3.09. The van der Waals surface area contributed by atoms with Gasteiger partial charge in [-0.25, -0.2) is 0 Å². The van der Waals surface area contributed by atoms with Crippen LogP contribution in [0.1, 0.15) is 31.9 Å². The quantitative estimate of drug-likeness (QED) is 0.847. The zero-order valence-corrected chi connectivity index (χ0v) is 10.3. The first-order valence-corrected chi connectivity index (χ1v) is 6.14. The number of furan rings is 1. The van der Waals surface area contributed by atoms with Crippen LogP contribution in [0.3, 0.4) is 0 Å². The van der Waals surface area contributed by atoms with E-state index in [1.807, 2.05) is 12.1 Å². The van der Waals surface area contributed by atoms with E-state index in [4.69, 9.17) is 4.42 Å². The third-order valence-electron chi connectivity index (χ3n) is 3.33. The Morgan fingerprint density at radius 2 is 2.38 bits per heavy atom.